The summed E-state index contributed by atoms with van der Waals surface area (Å²) in [6.07, 6.45) is -12.1. The second-order valence-corrected chi connectivity index (χ2v) is 45.5. The van der Waals surface area contributed by atoms with Crippen LogP contribution < -0.4 is 0 Å². The van der Waals surface area contributed by atoms with Crippen molar-refractivity contribution in [3.8, 4) is 0 Å². The fourth-order valence-electron chi connectivity index (χ4n) is 9.89. The lowest BCUT2D eigenvalue weighted by molar-refractivity contribution is -0.119. The maximum Gasteiger partial charge on any atom is 0.474 e. The van der Waals surface area contributed by atoms with Gasteiger partial charge in [-0.25, -0.2) is 13.7 Å². The van der Waals surface area contributed by atoms with Gasteiger partial charge in [0, 0.05) is 38.5 Å². The Hall–Kier alpha value is 0.990. The van der Waals surface area contributed by atoms with Crippen LogP contribution in [0, 0.1) is 0 Å². The van der Waals surface area contributed by atoms with E-state index in [0.717, 1.165) is 0 Å². The molecule has 0 aromatic carbocycles. The van der Waals surface area contributed by atoms with Crippen LogP contribution in [0.15, 0.2) is 0 Å². The molecule has 6 aliphatic heterocycles. The average molecular weight is 1630 g/mol. The number of phosphoric acid groups is 3. The van der Waals surface area contributed by atoms with Crippen molar-refractivity contribution in [2.75, 3.05) is 33.0 Å². The van der Waals surface area contributed by atoms with Gasteiger partial charge < -0.3 is 95.1 Å². The fraction of sp³-hybridized carbons (Fsp3) is 1.00. The Kier molecular flexibility index (Phi) is 39.1. The molecule has 100 heavy (non-hydrogen) atoms. The van der Waals surface area contributed by atoms with Crippen LogP contribution in [0.5, 0.6) is 0 Å². The molecule has 0 aromatic rings. The molecule has 36 nitrogen and oxygen atoms in total. The highest BCUT2D eigenvalue weighted by Crippen LogP contribution is 2.58. The van der Waals surface area contributed by atoms with E-state index in [4.69, 9.17) is 82.7 Å². The standard InChI is InChI=1S/C23H46O17P4.C18H37O12P3.C12H26O7P2.2CH4/c1-13(2)41(24,25)32-11-21-18(8-15(5)34-21)38-43(28,29)33-12-22-19(9-16(6)35-22)39-44(30,31)40-23-20(10-17(7)36-23)37-42(26,27)14(3)4;1-11(2)31(19,20)25-9-17-16(8-14(6)27-17)30-33(23,24)26-10-18-15(7-13(5)28-18)29-32(21,22)12(3)4;1-8(2)20(13,14)17-7-12-11(6-10(5)18-12)19-21(15,16)9(3)4;;/h13-23H,8-12H2,1-7H3,(H,24,25)(H,26,27)(H,28,29)(H,30,31);11-18H,7-10H2,1-6H3,(H,19,20)(H,21,22)(H,23,24);8-12H,6-7H2,1-5H3,(H,13,14)(H,15,16);2*1H4/t15-,16-,17-,18-,19-,20-,21+,22+,23+;13-,14-,15-,16-,17+,18+;10-,11-,12+;;/m000../s1. The van der Waals surface area contributed by atoms with E-state index >= 15 is 0 Å². The summed E-state index contributed by atoms with van der Waals surface area (Å²) in [5.74, 6) is 0. The van der Waals surface area contributed by atoms with Crippen LogP contribution in [0.1, 0.15) is 178 Å². The molecular formula is C55H117O36P9. The minimum absolute atomic E-state index is 0. The minimum atomic E-state index is -4.89. The minimum Gasteiger partial charge on any atom is -0.370 e. The lowest BCUT2D eigenvalue weighted by Gasteiger charge is -2.27. The molecule has 6 aliphatic rings. The Balaban J connectivity index is 0.000000537. The lowest BCUT2D eigenvalue weighted by Crippen LogP contribution is -2.31. The van der Waals surface area contributed by atoms with Gasteiger partial charge in [-0.2, -0.15) is 0 Å². The number of phosphoric ester groups is 3. The maximum absolute atomic E-state index is 13.0. The van der Waals surface area contributed by atoms with Crippen LogP contribution in [0.3, 0.4) is 0 Å². The van der Waals surface area contributed by atoms with Gasteiger partial charge in [0.1, 0.15) is 54.9 Å². The zero-order chi connectivity index (χ0) is 74.9. The van der Waals surface area contributed by atoms with Gasteiger partial charge in [-0.3, -0.25) is 59.1 Å². The summed E-state index contributed by atoms with van der Waals surface area (Å²) in [4.78, 5) is 90.6. The van der Waals surface area contributed by atoms with E-state index in [1.165, 1.54) is 27.7 Å². The van der Waals surface area contributed by atoms with Gasteiger partial charge in [-0.15, -0.1) is 0 Å². The quantitative estimate of drug-likeness (QED) is 0.0266. The van der Waals surface area contributed by atoms with Crippen molar-refractivity contribution >= 4 is 69.0 Å². The molecule has 0 aliphatic carbocycles. The van der Waals surface area contributed by atoms with E-state index in [1.807, 2.05) is 6.92 Å². The van der Waals surface area contributed by atoms with E-state index in [2.05, 4.69) is 0 Å². The zero-order valence-electron chi connectivity index (χ0n) is 58.7. The van der Waals surface area contributed by atoms with E-state index in [1.54, 1.807) is 90.0 Å². The highest BCUT2D eigenvalue weighted by molar-refractivity contribution is 7.55. The molecule has 0 aromatic heterocycles. The largest absolute Gasteiger partial charge is 0.474 e. The zero-order valence-corrected chi connectivity index (χ0v) is 66.8. The molecular weight excluding hydrogens is 1520 g/mol. The molecule has 0 spiro atoms. The third-order valence-electron chi connectivity index (χ3n) is 16.1. The summed E-state index contributed by atoms with van der Waals surface area (Å²) in [6, 6.07) is 0. The third-order valence-corrected chi connectivity index (χ3v) is 30.2. The highest BCUT2D eigenvalue weighted by atomic mass is 31.2. The number of rotatable bonds is 35. The maximum atomic E-state index is 13.0. The molecule has 0 amide bonds. The van der Waals surface area contributed by atoms with Gasteiger partial charge >= 0.3 is 69.0 Å². The van der Waals surface area contributed by atoms with Gasteiger partial charge in [0.25, 0.3) is 0 Å². The molecule has 598 valence electrons. The molecule has 45 heteroatoms. The summed E-state index contributed by atoms with van der Waals surface area (Å²) in [7, 11) is -37.4. The summed E-state index contributed by atoms with van der Waals surface area (Å²) < 4.78 is 207. The average Bonchev–Trinajstić information content (AvgIpc) is 1.67. The van der Waals surface area contributed by atoms with Gasteiger partial charge in [-0.05, 0) is 41.5 Å². The Morgan fingerprint density at radius 2 is 0.460 bits per heavy atom. The van der Waals surface area contributed by atoms with Crippen LogP contribution in [0.4, 0.5) is 0 Å². The molecule has 0 saturated carbocycles. The van der Waals surface area contributed by atoms with Crippen LogP contribution >= 0.6 is 69.0 Å². The second kappa shape index (κ2) is 40.3. The van der Waals surface area contributed by atoms with Crippen molar-refractivity contribution in [2.24, 2.45) is 0 Å². The summed E-state index contributed by atoms with van der Waals surface area (Å²) in [5, 5.41) is 0. The van der Waals surface area contributed by atoms with Gasteiger partial charge in [-0.1, -0.05) is 97.9 Å². The van der Waals surface area contributed by atoms with Crippen molar-refractivity contribution < 1.29 is 168 Å². The predicted octanol–water partition coefficient (Wildman–Crippen LogP) is 11.5. The number of hydrogen-bond acceptors (Lipinski definition) is 27. The first-order valence-electron chi connectivity index (χ1n) is 32.4. The molecule has 6 fully saturated rings. The van der Waals surface area contributed by atoms with Crippen molar-refractivity contribution in [3.63, 3.8) is 0 Å². The SMILES string of the molecule is C.C.CC(C)P(=O)(O)OC[C@H]1O[C@@H](C)C[C@@H]1OP(=O)(O)C(C)C.CC(C)P(=O)(O)OC[C@H]1O[C@@H](C)C[C@@H]1OP(=O)(O)OC[C@H]1O[C@@H](C)C[C@@H]1OP(=O)(O)C(C)C.CC(C)P(=O)(O)OC[C@H]1O[C@@H](C)C[C@@H]1OP(=O)(O)OC[C@H]1O[C@@H](C)C[C@@H]1OP(=O)(O)O[C@H]1O[C@@H](C)C[C@@H]1OP(=O)(O)C(C)C. The van der Waals surface area contributed by atoms with Crippen molar-refractivity contribution in [2.45, 2.75) is 322 Å². The summed E-state index contributed by atoms with van der Waals surface area (Å²) in [5.41, 5.74) is -3.66. The topological polar surface area (TPSA) is 502 Å². The van der Waals surface area contributed by atoms with E-state index in [0.29, 0.717) is 12.8 Å². The van der Waals surface area contributed by atoms with Gasteiger partial charge in [0.2, 0.25) is 0 Å². The van der Waals surface area contributed by atoms with Gasteiger partial charge in [0.15, 0.2) is 6.29 Å². The molecule has 0 radical (unpaired) electrons. The lowest BCUT2D eigenvalue weighted by atomic mass is 10.1. The Labute approximate surface area is 589 Å². The Bertz CT molecular complexity index is 2960. The smallest absolute Gasteiger partial charge is 0.370 e. The first kappa shape index (κ1) is 97.1. The van der Waals surface area contributed by atoms with Gasteiger partial charge in [0.05, 0.1) is 116 Å². The first-order chi connectivity index (χ1) is 44.6. The fourth-order valence-corrected chi connectivity index (χ4v) is 17.4. The summed E-state index contributed by atoms with van der Waals surface area (Å²) >= 11 is 0. The monoisotopic (exact) mass is 1630 g/mol. The highest BCUT2D eigenvalue weighted by Gasteiger charge is 2.50. The van der Waals surface area contributed by atoms with Crippen molar-refractivity contribution in [3.05, 3.63) is 0 Å². The van der Waals surface area contributed by atoms with Crippen molar-refractivity contribution in [1.82, 2.24) is 0 Å². The van der Waals surface area contributed by atoms with Crippen LogP contribution in [-0.4, -0.2) is 221 Å². The molecule has 6 heterocycles. The second-order valence-electron chi connectivity index (χ2n) is 27.0. The molecule has 6 saturated heterocycles. The predicted molar refractivity (Wildman–Crippen MR) is 367 cm³/mol. The molecule has 6 rings (SSSR count). The van der Waals surface area contributed by atoms with Crippen molar-refractivity contribution in [1.29, 1.82) is 0 Å². The third kappa shape index (κ3) is 31.4. The Morgan fingerprint density at radius 1 is 0.270 bits per heavy atom. The molecule has 27 atom stereocenters. The summed E-state index contributed by atoms with van der Waals surface area (Å²) in [6.45, 7) is 27.2. The number of hydrogen-bond donors (Lipinski definition) is 9. The molecule has 9 unspecified atom stereocenters. The van der Waals surface area contributed by atoms with E-state index in [9.17, 15) is 85.1 Å². The van der Waals surface area contributed by atoms with E-state index in [-0.39, 0.29) is 78.7 Å². The number of ether oxygens (including phenoxy) is 6. The van der Waals surface area contributed by atoms with Crippen LogP contribution in [-0.2, 0) is 124 Å². The Morgan fingerprint density at radius 3 is 0.700 bits per heavy atom. The first-order valence-corrected chi connectivity index (χ1v) is 46.8. The normalized spacial score (nSPS) is 35.6. The van der Waals surface area contributed by atoms with Crippen LogP contribution in [0.25, 0.3) is 0 Å². The molecule has 9 N–H and O–H groups in total. The van der Waals surface area contributed by atoms with E-state index < -0.39 is 208 Å². The van der Waals surface area contributed by atoms with Crippen LogP contribution in [0.2, 0.25) is 0 Å². The molecule has 0 bridgehead atoms.